The molecule has 122 valence electrons. The molecule has 0 spiro atoms. The molecule has 0 bridgehead atoms. The molecule has 1 aromatic carbocycles. The van der Waals surface area contributed by atoms with Gasteiger partial charge in [0.2, 0.25) is 0 Å². The minimum atomic E-state index is -1.01. The van der Waals surface area contributed by atoms with Crippen LogP contribution in [0.3, 0.4) is 0 Å². The number of carboxylic acids is 1. The summed E-state index contributed by atoms with van der Waals surface area (Å²) in [5.74, 6) is -0.679. The predicted molar refractivity (Wildman–Crippen MR) is 85.1 cm³/mol. The highest BCUT2D eigenvalue weighted by atomic mass is 16.6. The second-order valence-corrected chi connectivity index (χ2v) is 6.07. The van der Waals surface area contributed by atoms with Crippen molar-refractivity contribution in [2.75, 3.05) is 5.32 Å². The predicted octanol–water partition coefficient (Wildman–Crippen LogP) is 3.23. The standard InChI is InChI=1S/C16H19N3O4/c1-10-8-13(17-15(22)23-16(2,3)4)18-19(10)12-7-5-6-11(9-12)14(20)21/h5-9H,1-4H3,(H,20,21)(H,17,18,22). The van der Waals surface area contributed by atoms with Crippen LogP contribution in [0, 0.1) is 6.92 Å². The summed E-state index contributed by atoms with van der Waals surface area (Å²) in [6.07, 6.45) is -0.596. The third-order valence-electron chi connectivity index (χ3n) is 2.85. The number of anilines is 1. The Bertz CT molecular complexity index is 744. The Hall–Kier alpha value is -2.83. The smallest absolute Gasteiger partial charge is 0.413 e. The third kappa shape index (κ3) is 4.32. The molecule has 0 aliphatic heterocycles. The highest BCUT2D eigenvalue weighted by Gasteiger charge is 2.17. The molecule has 0 aliphatic carbocycles. The first-order chi connectivity index (χ1) is 10.7. The lowest BCUT2D eigenvalue weighted by molar-refractivity contribution is 0.0633. The van der Waals surface area contributed by atoms with Crippen LogP contribution in [0.5, 0.6) is 0 Å². The zero-order valence-corrected chi connectivity index (χ0v) is 13.5. The van der Waals surface area contributed by atoms with E-state index in [1.54, 1.807) is 50.6 Å². The van der Waals surface area contributed by atoms with Gasteiger partial charge in [-0.2, -0.15) is 0 Å². The van der Waals surface area contributed by atoms with E-state index in [4.69, 9.17) is 9.84 Å². The highest BCUT2D eigenvalue weighted by Crippen LogP contribution is 2.17. The third-order valence-corrected chi connectivity index (χ3v) is 2.85. The Balaban J connectivity index is 2.23. The molecule has 1 amide bonds. The maximum Gasteiger partial charge on any atom is 0.413 e. The molecule has 2 N–H and O–H groups in total. The van der Waals surface area contributed by atoms with Crippen LogP contribution in [-0.2, 0) is 4.74 Å². The van der Waals surface area contributed by atoms with Crippen molar-refractivity contribution >= 4 is 17.9 Å². The Morgan fingerprint density at radius 1 is 1.26 bits per heavy atom. The molecule has 7 heteroatoms. The molecule has 2 rings (SSSR count). The van der Waals surface area contributed by atoms with Crippen LogP contribution in [0.15, 0.2) is 30.3 Å². The first kappa shape index (κ1) is 16.5. The number of hydrogen-bond donors (Lipinski definition) is 2. The zero-order valence-electron chi connectivity index (χ0n) is 13.5. The van der Waals surface area contributed by atoms with Crippen molar-refractivity contribution in [1.29, 1.82) is 0 Å². The SMILES string of the molecule is Cc1cc(NC(=O)OC(C)(C)C)nn1-c1cccc(C(=O)O)c1. The van der Waals surface area contributed by atoms with Crippen LogP contribution in [0.2, 0.25) is 0 Å². The molecule has 0 atom stereocenters. The number of aryl methyl sites for hydroxylation is 1. The van der Waals surface area contributed by atoms with Crippen molar-refractivity contribution in [3.05, 3.63) is 41.6 Å². The number of nitrogens with zero attached hydrogens (tertiary/aromatic N) is 2. The number of amides is 1. The van der Waals surface area contributed by atoms with Crippen LogP contribution in [0.25, 0.3) is 5.69 Å². The summed E-state index contributed by atoms with van der Waals surface area (Å²) in [6.45, 7) is 7.12. The highest BCUT2D eigenvalue weighted by molar-refractivity contribution is 5.88. The fourth-order valence-corrected chi connectivity index (χ4v) is 1.98. The summed E-state index contributed by atoms with van der Waals surface area (Å²) in [7, 11) is 0. The second-order valence-electron chi connectivity index (χ2n) is 6.07. The number of hydrogen-bond acceptors (Lipinski definition) is 4. The van der Waals surface area contributed by atoms with Crippen molar-refractivity contribution in [1.82, 2.24) is 9.78 Å². The number of rotatable bonds is 3. The van der Waals surface area contributed by atoms with E-state index in [-0.39, 0.29) is 5.56 Å². The molecule has 0 aliphatic rings. The monoisotopic (exact) mass is 317 g/mol. The number of benzene rings is 1. The molecule has 0 saturated carbocycles. The first-order valence-corrected chi connectivity index (χ1v) is 7.06. The fourth-order valence-electron chi connectivity index (χ4n) is 1.98. The van der Waals surface area contributed by atoms with E-state index >= 15 is 0 Å². The Kier molecular flexibility index (Phi) is 4.40. The lowest BCUT2D eigenvalue weighted by Crippen LogP contribution is -2.27. The van der Waals surface area contributed by atoms with E-state index in [1.807, 2.05) is 0 Å². The van der Waals surface area contributed by atoms with Gasteiger partial charge in [-0.15, -0.1) is 5.10 Å². The van der Waals surface area contributed by atoms with Crippen LogP contribution in [0.4, 0.5) is 10.6 Å². The normalized spacial score (nSPS) is 11.1. The summed E-state index contributed by atoms with van der Waals surface area (Å²) < 4.78 is 6.72. The molecular weight excluding hydrogens is 298 g/mol. The number of nitrogens with one attached hydrogen (secondary N) is 1. The molecular formula is C16H19N3O4. The van der Waals surface area contributed by atoms with Crippen LogP contribution in [-0.4, -0.2) is 32.6 Å². The quantitative estimate of drug-likeness (QED) is 0.906. The number of carbonyl (C=O) groups is 2. The molecule has 23 heavy (non-hydrogen) atoms. The molecule has 1 heterocycles. The summed E-state index contributed by atoms with van der Waals surface area (Å²) in [5.41, 5.74) is 0.912. The molecule has 2 aromatic rings. The largest absolute Gasteiger partial charge is 0.478 e. The molecule has 0 unspecified atom stereocenters. The topological polar surface area (TPSA) is 93.5 Å². The van der Waals surface area contributed by atoms with E-state index < -0.39 is 17.7 Å². The van der Waals surface area contributed by atoms with Gasteiger partial charge in [0.25, 0.3) is 0 Å². The maximum atomic E-state index is 11.8. The van der Waals surface area contributed by atoms with E-state index in [0.717, 1.165) is 5.69 Å². The summed E-state index contributed by atoms with van der Waals surface area (Å²) in [4.78, 5) is 22.8. The molecule has 0 saturated heterocycles. The van der Waals surface area contributed by atoms with Crippen LogP contribution >= 0.6 is 0 Å². The zero-order chi connectivity index (χ0) is 17.2. The maximum absolute atomic E-state index is 11.8. The average Bonchev–Trinajstić information content (AvgIpc) is 2.77. The van der Waals surface area contributed by atoms with Crippen molar-refractivity contribution in [3.8, 4) is 5.69 Å². The number of ether oxygens (including phenoxy) is 1. The van der Waals surface area contributed by atoms with Crippen LogP contribution in [0.1, 0.15) is 36.8 Å². The van der Waals surface area contributed by atoms with Gasteiger partial charge in [0.05, 0.1) is 11.3 Å². The number of carbonyl (C=O) groups excluding carboxylic acids is 1. The number of aromatic carboxylic acids is 1. The van der Waals surface area contributed by atoms with Gasteiger partial charge >= 0.3 is 12.1 Å². The number of carboxylic acid groups (broad SMARTS) is 1. The summed E-state index contributed by atoms with van der Waals surface area (Å²) in [6, 6.07) is 8.08. The van der Waals surface area contributed by atoms with Gasteiger partial charge in [-0.05, 0) is 45.9 Å². The Morgan fingerprint density at radius 3 is 2.57 bits per heavy atom. The van der Waals surface area contributed by atoms with E-state index in [0.29, 0.717) is 11.5 Å². The number of aromatic nitrogens is 2. The van der Waals surface area contributed by atoms with E-state index in [2.05, 4.69) is 10.4 Å². The van der Waals surface area contributed by atoms with Gasteiger partial charge < -0.3 is 9.84 Å². The van der Waals surface area contributed by atoms with Crippen LogP contribution < -0.4 is 5.32 Å². The first-order valence-electron chi connectivity index (χ1n) is 7.06. The van der Waals surface area contributed by atoms with Gasteiger partial charge in [0.15, 0.2) is 5.82 Å². The van der Waals surface area contributed by atoms with E-state index in [9.17, 15) is 9.59 Å². The van der Waals surface area contributed by atoms with Gasteiger partial charge in [-0.25, -0.2) is 14.3 Å². The minimum absolute atomic E-state index is 0.166. The molecule has 0 fully saturated rings. The molecule has 7 nitrogen and oxygen atoms in total. The average molecular weight is 317 g/mol. The Morgan fingerprint density at radius 2 is 1.96 bits per heavy atom. The van der Waals surface area contributed by atoms with E-state index in [1.165, 1.54) is 12.1 Å². The van der Waals surface area contributed by atoms with Crippen molar-refractivity contribution in [3.63, 3.8) is 0 Å². The van der Waals surface area contributed by atoms with Gasteiger partial charge in [0.1, 0.15) is 5.60 Å². The van der Waals surface area contributed by atoms with Gasteiger partial charge in [0, 0.05) is 11.8 Å². The lowest BCUT2D eigenvalue weighted by atomic mass is 10.2. The molecule has 1 aromatic heterocycles. The van der Waals surface area contributed by atoms with Crippen molar-refractivity contribution in [2.45, 2.75) is 33.3 Å². The van der Waals surface area contributed by atoms with Gasteiger partial charge in [-0.1, -0.05) is 6.07 Å². The van der Waals surface area contributed by atoms with Crippen molar-refractivity contribution in [2.24, 2.45) is 0 Å². The molecule has 0 radical (unpaired) electrons. The Labute approximate surface area is 133 Å². The lowest BCUT2D eigenvalue weighted by Gasteiger charge is -2.19. The summed E-state index contributed by atoms with van der Waals surface area (Å²) >= 11 is 0. The second kappa shape index (κ2) is 6.12. The van der Waals surface area contributed by atoms with Gasteiger partial charge in [-0.3, -0.25) is 5.32 Å². The summed E-state index contributed by atoms with van der Waals surface area (Å²) in [5, 5.41) is 15.9. The fraction of sp³-hybridized carbons (Fsp3) is 0.312. The minimum Gasteiger partial charge on any atom is -0.478 e. The van der Waals surface area contributed by atoms with Crippen molar-refractivity contribution < 1.29 is 19.4 Å².